The van der Waals surface area contributed by atoms with Gasteiger partial charge in [0.15, 0.2) is 0 Å². The van der Waals surface area contributed by atoms with Crippen LogP contribution in [0.1, 0.15) is 116 Å². The molecule has 4 aromatic carbocycles. The second kappa shape index (κ2) is 17.4. The molecule has 0 heterocycles. The number of phenols is 2. The summed E-state index contributed by atoms with van der Waals surface area (Å²) < 4.78 is 71.3. The molecule has 0 atom stereocenters. The van der Waals surface area contributed by atoms with Gasteiger partial charge in [0.05, 0.1) is 11.1 Å². The predicted molar refractivity (Wildman–Crippen MR) is 185 cm³/mol. The average molecular weight is 770 g/mol. The number of phenolic OH excluding ortho intramolecular Hbond substituents is 2. The second-order valence-electron chi connectivity index (χ2n) is 15.8. The molecule has 0 saturated heterocycles. The van der Waals surface area contributed by atoms with Gasteiger partial charge in [0.2, 0.25) is 0 Å². The van der Waals surface area contributed by atoms with Gasteiger partial charge in [-0.25, -0.2) is 12.1 Å². The fourth-order valence-corrected chi connectivity index (χ4v) is 4.18. The van der Waals surface area contributed by atoms with E-state index in [0.29, 0.717) is 0 Å². The van der Waals surface area contributed by atoms with E-state index in [1.54, 1.807) is 0 Å². The van der Waals surface area contributed by atoms with Gasteiger partial charge in [0.1, 0.15) is 11.5 Å². The summed E-state index contributed by atoms with van der Waals surface area (Å²) in [6, 6.07) is 22.5. The van der Waals surface area contributed by atoms with Crippen molar-refractivity contribution in [1.82, 2.24) is 0 Å². The molecule has 0 aliphatic heterocycles. The van der Waals surface area contributed by atoms with Gasteiger partial charge in [-0.15, -0.1) is 0 Å². The van der Waals surface area contributed by atoms with E-state index in [2.05, 4.69) is 119 Å². The largest absolute Gasteiger partial charge is 2.00 e. The van der Waals surface area contributed by atoms with Crippen molar-refractivity contribution in [1.29, 1.82) is 0 Å². The van der Waals surface area contributed by atoms with Crippen LogP contribution >= 0.6 is 0 Å². The first-order valence-electron chi connectivity index (χ1n) is 15.7. The fourth-order valence-electron chi connectivity index (χ4n) is 4.18. The van der Waals surface area contributed by atoms with Gasteiger partial charge in [0.25, 0.3) is 0 Å². The minimum absolute atomic E-state index is 0. The summed E-state index contributed by atoms with van der Waals surface area (Å²) in [6.07, 6.45) is -8.93. The topological polar surface area (TPSA) is 40.5 Å². The Morgan fingerprint density at radius 2 is 0.714 bits per heavy atom. The Hall–Kier alpha value is -2.80. The molecule has 0 amide bonds. The molecule has 0 spiro atoms. The van der Waals surface area contributed by atoms with E-state index in [1.807, 2.05) is 0 Å². The molecule has 0 fully saturated rings. The zero-order valence-electron chi connectivity index (χ0n) is 30.7. The Bertz CT molecular complexity index is 1370. The minimum Gasteiger partial charge on any atom is -0.507 e. The molecule has 0 aliphatic rings. The Morgan fingerprint density at radius 3 is 0.857 bits per heavy atom. The van der Waals surface area contributed by atoms with Gasteiger partial charge in [0, 0.05) is 0 Å². The first-order valence-corrected chi connectivity index (χ1v) is 15.7. The number of aromatic hydroxyl groups is 2. The van der Waals surface area contributed by atoms with Gasteiger partial charge in [-0.05, 0) is 24.3 Å². The summed E-state index contributed by atoms with van der Waals surface area (Å²) >= 11 is 0. The van der Waals surface area contributed by atoms with Crippen LogP contribution in [0.25, 0.3) is 0 Å². The molecule has 0 unspecified atom stereocenters. The summed E-state index contributed by atoms with van der Waals surface area (Å²) in [6.45, 7) is 27.1. The fraction of sp³-hybridized carbons (Fsp3) is 0.450. The van der Waals surface area contributed by atoms with Crippen molar-refractivity contribution in [3.05, 3.63) is 118 Å². The van der Waals surface area contributed by atoms with Crippen molar-refractivity contribution in [3.8, 4) is 11.5 Å². The number of rotatable bonds is 0. The molecule has 0 aromatic heterocycles. The first kappa shape index (κ1) is 46.2. The van der Waals surface area contributed by atoms with E-state index in [1.165, 1.54) is 46.5 Å². The van der Waals surface area contributed by atoms with Gasteiger partial charge in [-0.3, -0.25) is 0 Å². The Kier molecular flexibility index (Phi) is 16.4. The summed E-state index contributed by atoms with van der Waals surface area (Å²) in [5.41, 5.74) is 4.89. The van der Waals surface area contributed by atoms with Gasteiger partial charge in [-0.1, -0.05) is 129 Å². The van der Waals surface area contributed by atoms with E-state index in [0.717, 1.165) is 24.3 Å². The van der Waals surface area contributed by atoms with Crippen LogP contribution in [-0.2, 0) is 60.2 Å². The minimum atomic E-state index is -4.47. The number of alkyl halides is 6. The summed E-state index contributed by atoms with van der Waals surface area (Å²) in [7, 11) is 0. The molecule has 9 heteroatoms. The van der Waals surface area contributed by atoms with Crippen molar-refractivity contribution < 1.29 is 62.8 Å². The monoisotopic (exact) mass is 768 g/mol. The Labute approximate surface area is 308 Å². The molecule has 49 heavy (non-hydrogen) atoms. The van der Waals surface area contributed by atoms with E-state index in [4.69, 9.17) is 10.2 Å². The smallest absolute Gasteiger partial charge is 0.507 e. The third-order valence-electron chi connectivity index (χ3n) is 7.39. The van der Waals surface area contributed by atoms with Crippen molar-refractivity contribution in [2.45, 2.75) is 117 Å². The third-order valence-corrected chi connectivity index (χ3v) is 7.39. The quantitative estimate of drug-likeness (QED) is 0.138. The summed E-state index contributed by atoms with van der Waals surface area (Å²) in [5.74, 6) is -1.47. The van der Waals surface area contributed by atoms with Crippen LogP contribution in [-0.4, -0.2) is 10.2 Å². The van der Waals surface area contributed by atoms with Crippen LogP contribution in [0.5, 0.6) is 11.5 Å². The number of hydrogen-bond acceptors (Lipinski definition) is 2. The normalized spacial score (nSPS) is 12.3. The standard InChI is InChI=1S/2C13H21.2C7H5F3O.Zr/c2*1-12(2,3)10-7-8-11(9-10)13(4,5)6;2*8-7(9,10)5-3-1-2-4-6(5)11;/h2*7-9H,1-6H3;2*1-4,11H;/q2*-1;;;+2. The molecular weight excluding hydrogens is 718 g/mol. The maximum atomic E-state index is 11.9. The van der Waals surface area contributed by atoms with E-state index in [9.17, 15) is 26.3 Å². The molecule has 0 saturated carbocycles. The maximum absolute atomic E-state index is 11.9. The Balaban J connectivity index is 0.000000625. The molecular formula is C40H52F6O2Zr. The summed E-state index contributed by atoms with van der Waals surface area (Å²) in [5, 5.41) is 17.5. The molecule has 0 aliphatic carbocycles. The molecule has 0 bridgehead atoms. The van der Waals surface area contributed by atoms with E-state index < -0.39 is 35.0 Å². The zero-order chi connectivity index (χ0) is 37.5. The molecule has 4 aromatic rings. The molecule has 2 nitrogen and oxygen atoms in total. The molecule has 270 valence electrons. The number of hydrogen-bond donors (Lipinski definition) is 2. The molecule has 0 radical (unpaired) electrons. The van der Waals surface area contributed by atoms with Crippen molar-refractivity contribution in [2.75, 3.05) is 0 Å². The second-order valence-corrected chi connectivity index (χ2v) is 15.8. The molecule has 2 N–H and O–H groups in total. The predicted octanol–water partition coefficient (Wildman–Crippen LogP) is 12.8. The van der Waals surface area contributed by atoms with E-state index in [-0.39, 0.29) is 47.9 Å². The van der Waals surface area contributed by atoms with Gasteiger partial charge in [-0.2, -0.15) is 72.9 Å². The number of benzene rings is 2. The maximum Gasteiger partial charge on any atom is 2.00 e. The third kappa shape index (κ3) is 15.7. The van der Waals surface area contributed by atoms with E-state index >= 15 is 0 Å². The summed E-state index contributed by atoms with van der Waals surface area (Å²) in [4.78, 5) is 0. The zero-order valence-corrected chi connectivity index (χ0v) is 33.2. The van der Waals surface area contributed by atoms with Gasteiger partial charge < -0.3 is 10.2 Å². The van der Waals surface area contributed by atoms with Gasteiger partial charge >= 0.3 is 38.6 Å². The van der Waals surface area contributed by atoms with Crippen LogP contribution in [0, 0.1) is 0 Å². The SMILES string of the molecule is CC(C)(C)c1cc[c-](C(C)(C)C)c1.CC(C)(C)c1cc[c-](C(C)(C)C)c1.Oc1ccccc1C(F)(F)F.Oc1ccccc1C(F)(F)F.[Zr+2]. The molecule has 4 rings (SSSR count). The van der Waals surface area contributed by atoms with Crippen molar-refractivity contribution in [2.24, 2.45) is 0 Å². The van der Waals surface area contributed by atoms with Crippen LogP contribution < -0.4 is 0 Å². The van der Waals surface area contributed by atoms with Crippen LogP contribution in [0.3, 0.4) is 0 Å². The van der Waals surface area contributed by atoms with Crippen molar-refractivity contribution >= 4 is 0 Å². The average Bonchev–Trinajstić information content (AvgIpc) is 3.60. The number of para-hydroxylation sites is 2. The van der Waals surface area contributed by atoms with Crippen LogP contribution in [0.4, 0.5) is 26.3 Å². The number of halogens is 6. The van der Waals surface area contributed by atoms with Crippen LogP contribution in [0.2, 0.25) is 0 Å². The van der Waals surface area contributed by atoms with Crippen LogP contribution in [0.15, 0.2) is 84.9 Å². The van der Waals surface area contributed by atoms with Crippen molar-refractivity contribution in [3.63, 3.8) is 0 Å². The first-order chi connectivity index (χ1) is 21.5. The Morgan fingerprint density at radius 1 is 0.449 bits per heavy atom.